The fourth-order valence-electron chi connectivity index (χ4n) is 4.61. The normalized spacial score (nSPS) is 23.7. The summed E-state index contributed by atoms with van der Waals surface area (Å²) in [7, 11) is -1.42. The molecule has 1 aliphatic carbocycles. The SMILES string of the molecule is CC(C)S(=O)(=O)N1CCC(N(C)C(=O)NC2CCC(c3cc(Cl)cc(Cl)c3)CC2)CC1. The van der Waals surface area contributed by atoms with Gasteiger partial charge in [-0.15, -0.1) is 0 Å². The lowest BCUT2D eigenvalue weighted by molar-refractivity contribution is 0.157. The first-order valence-electron chi connectivity index (χ1n) is 11.1. The number of hydrogen-bond donors (Lipinski definition) is 1. The van der Waals surface area contributed by atoms with Crippen LogP contribution >= 0.6 is 23.2 Å². The number of amides is 2. The zero-order valence-corrected chi connectivity index (χ0v) is 20.8. The van der Waals surface area contributed by atoms with Crippen molar-refractivity contribution in [1.82, 2.24) is 14.5 Å². The number of rotatable bonds is 5. The molecular formula is C22H33Cl2N3O3S. The average Bonchev–Trinajstić information content (AvgIpc) is 2.73. The number of urea groups is 1. The first-order chi connectivity index (χ1) is 14.6. The highest BCUT2D eigenvalue weighted by molar-refractivity contribution is 7.89. The molecule has 1 saturated heterocycles. The van der Waals surface area contributed by atoms with Crippen LogP contribution in [-0.4, -0.2) is 61.1 Å². The fraction of sp³-hybridized carbons (Fsp3) is 0.682. The van der Waals surface area contributed by atoms with E-state index in [1.165, 1.54) is 5.56 Å². The second-order valence-corrected chi connectivity index (χ2v) is 12.4. The molecular weight excluding hydrogens is 457 g/mol. The van der Waals surface area contributed by atoms with E-state index in [-0.39, 0.29) is 18.1 Å². The minimum atomic E-state index is -3.23. The lowest BCUT2D eigenvalue weighted by atomic mass is 9.82. The molecule has 174 valence electrons. The van der Waals surface area contributed by atoms with Crippen molar-refractivity contribution in [2.24, 2.45) is 0 Å². The van der Waals surface area contributed by atoms with Gasteiger partial charge in [0, 0.05) is 42.3 Å². The second-order valence-electron chi connectivity index (χ2n) is 9.04. The summed E-state index contributed by atoms with van der Waals surface area (Å²) in [6.45, 7) is 4.35. The topological polar surface area (TPSA) is 69.7 Å². The highest BCUT2D eigenvalue weighted by Crippen LogP contribution is 2.35. The van der Waals surface area contributed by atoms with Crippen molar-refractivity contribution in [3.05, 3.63) is 33.8 Å². The smallest absolute Gasteiger partial charge is 0.317 e. The number of piperidine rings is 1. The first-order valence-corrected chi connectivity index (χ1v) is 13.3. The van der Waals surface area contributed by atoms with Crippen LogP contribution in [-0.2, 0) is 10.0 Å². The fourth-order valence-corrected chi connectivity index (χ4v) is 6.47. The molecule has 3 rings (SSSR count). The largest absolute Gasteiger partial charge is 0.335 e. The Kier molecular flexibility index (Phi) is 8.16. The monoisotopic (exact) mass is 489 g/mol. The number of sulfonamides is 1. The molecule has 2 aliphatic rings. The predicted octanol–water partition coefficient (Wildman–Crippen LogP) is 4.86. The van der Waals surface area contributed by atoms with E-state index in [4.69, 9.17) is 23.2 Å². The molecule has 0 unspecified atom stereocenters. The lowest BCUT2D eigenvalue weighted by Crippen LogP contribution is -2.52. The maximum atomic E-state index is 12.8. The van der Waals surface area contributed by atoms with Crippen LogP contribution in [0.1, 0.15) is 63.9 Å². The molecule has 9 heteroatoms. The van der Waals surface area contributed by atoms with Crippen molar-refractivity contribution in [3.8, 4) is 0 Å². The van der Waals surface area contributed by atoms with Crippen molar-refractivity contribution < 1.29 is 13.2 Å². The number of nitrogens with zero attached hydrogens (tertiary/aromatic N) is 2. The number of halogens is 2. The van der Waals surface area contributed by atoms with Gasteiger partial charge in [0.1, 0.15) is 0 Å². The maximum Gasteiger partial charge on any atom is 0.317 e. The summed E-state index contributed by atoms with van der Waals surface area (Å²) in [5.74, 6) is 0.411. The van der Waals surface area contributed by atoms with Gasteiger partial charge in [-0.05, 0) is 82.1 Å². The second kappa shape index (κ2) is 10.3. The molecule has 2 fully saturated rings. The van der Waals surface area contributed by atoms with Gasteiger partial charge in [0.15, 0.2) is 0 Å². The molecule has 31 heavy (non-hydrogen) atoms. The van der Waals surface area contributed by atoms with Crippen molar-refractivity contribution in [1.29, 1.82) is 0 Å². The molecule has 1 aromatic carbocycles. The number of carbonyl (C=O) groups is 1. The number of benzene rings is 1. The van der Waals surface area contributed by atoms with Crippen molar-refractivity contribution in [3.63, 3.8) is 0 Å². The van der Waals surface area contributed by atoms with E-state index >= 15 is 0 Å². The number of carbonyl (C=O) groups excluding carboxylic acids is 1. The molecule has 0 radical (unpaired) electrons. The van der Waals surface area contributed by atoms with Crippen molar-refractivity contribution >= 4 is 39.3 Å². The van der Waals surface area contributed by atoms with Crippen LogP contribution in [0.25, 0.3) is 0 Å². The zero-order chi connectivity index (χ0) is 22.8. The molecule has 2 amide bonds. The molecule has 1 aromatic rings. The molecule has 0 atom stereocenters. The predicted molar refractivity (Wildman–Crippen MR) is 126 cm³/mol. The minimum Gasteiger partial charge on any atom is -0.335 e. The lowest BCUT2D eigenvalue weighted by Gasteiger charge is -2.38. The van der Waals surface area contributed by atoms with Crippen LogP contribution in [0.4, 0.5) is 4.79 Å². The Hall–Kier alpha value is -1.02. The maximum absolute atomic E-state index is 12.8. The molecule has 1 aliphatic heterocycles. The van der Waals surface area contributed by atoms with E-state index in [2.05, 4.69) is 5.32 Å². The van der Waals surface area contributed by atoms with Gasteiger partial charge in [-0.1, -0.05) is 23.2 Å². The van der Waals surface area contributed by atoms with Gasteiger partial charge in [-0.25, -0.2) is 17.5 Å². The Morgan fingerprint density at radius 1 is 1.03 bits per heavy atom. The summed E-state index contributed by atoms with van der Waals surface area (Å²) < 4.78 is 26.2. The molecule has 0 spiro atoms. The van der Waals surface area contributed by atoms with Crippen LogP contribution in [0.15, 0.2) is 18.2 Å². The summed E-state index contributed by atoms with van der Waals surface area (Å²) >= 11 is 12.3. The Morgan fingerprint density at radius 2 is 1.58 bits per heavy atom. The molecule has 1 saturated carbocycles. The van der Waals surface area contributed by atoms with Gasteiger partial charge in [0.2, 0.25) is 10.0 Å². The van der Waals surface area contributed by atoms with Crippen molar-refractivity contribution in [2.45, 2.75) is 75.6 Å². The summed E-state index contributed by atoms with van der Waals surface area (Å²) in [5.41, 5.74) is 1.17. The molecule has 1 N–H and O–H groups in total. The third-order valence-electron chi connectivity index (χ3n) is 6.66. The average molecular weight is 490 g/mol. The summed E-state index contributed by atoms with van der Waals surface area (Å²) in [5, 5.41) is 4.08. The summed E-state index contributed by atoms with van der Waals surface area (Å²) in [6, 6.07) is 5.86. The van der Waals surface area contributed by atoms with Gasteiger partial charge in [0.05, 0.1) is 5.25 Å². The third-order valence-corrected chi connectivity index (χ3v) is 9.37. The quantitative estimate of drug-likeness (QED) is 0.641. The summed E-state index contributed by atoms with van der Waals surface area (Å²) in [6.07, 6.45) is 5.13. The van der Waals surface area contributed by atoms with E-state index in [0.29, 0.717) is 41.9 Å². The third kappa shape index (κ3) is 6.06. The van der Waals surface area contributed by atoms with E-state index in [0.717, 1.165) is 25.7 Å². The van der Waals surface area contributed by atoms with Gasteiger partial charge in [0.25, 0.3) is 0 Å². The molecule has 0 aromatic heterocycles. The van der Waals surface area contributed by atoms with E-state index in [9.17, 15) is 13.2 Å². The van der Waals surface area contributed by atoms with Crippen LogP contribution < -0.4 is 5.32 Å². The van der Waals surface area contributed by atoms with Gasteiger partial charge in [-0.3, -0.25) is 0 Å². The zero-order valence-electron chi connectivity index (χ0n) is 18.5. The van der Waals surface area contributed by atoms with Gasteiger partial charge >= 0.3 is 6.03 Å². The standard InChI is InChI=1S/C22H33Cl2N3O3S/c1-15(2)31(29,30)27-10-8-21(9-11-27)26(3)22(28)25-20-6-4-16(5-7-20)17-12-18(23)14-19(24)13-17/h12-16,20-21H,4-11H2,1-3H3,(H,25,28). The first kappa shape index (κ1) is 24.6. The van der Waals surface area contributed by atoms with E-state index in [1.807, 2.05) is 19.2 Å². The number of nitrogens with one attached hydrogen (secondary N) is 1. The van der Waals surface area contributed by atoms with E-state index < -0.39 is 15.3 Å². The Balaban J connectivity index is 1.47. The summed E-state index contributed by atoms with van der Waals surface area (Å²) in [4.78, 5) is 14.5. The molecule has 6 nitrogen and oxygen atoms in total. The van der Waals surface area contributed by atoms with Gasteiger partial charge in [-0.2, -0.15) is 0 Å². The Bertz CT molecular complexity index is 858. The Labute approximate surface area is 196 Å². The van der Waals surface area contributed by atoms with Crippen LogP contribution in [0.2, 0.25) is 10.0 Å². The van der Waals surface area contributed by atoms with Crippen LogP contribution in [0.3, 0.4) is 0 Å². The highest BCUT2D eigenvalue weighted by Gasteiger charge is 2.33. The van der Waals surface area contributed by atoms with Gasteiger partial charge < -0.3 is 10.2 Å². The van der Waals surface area contributed by atoms with Crippen LogP contribution in [0, 0.1) is 0 Å². The number of hydrogen-bond acceptors (Lipinski definition) is 3. The minimum absolute atomic E-state index is 0.0588. The van der Waals surface area contributed by atoms with Crippen LogP contribution in [0.5, 0.6) is 0 Å². The Morgan fingerprint density at radius 3 is 2.10 bits per heavy atom. The van der Waals surface area contributed by atoms with Crippen molar-refractivity contribution in [2.75, 3.05) is 20.1 Å². The van der Waals surface area contributed by atoms with E-state index in [1.54, 1.807) is 29.1 Å². The molecule has 1 heterocycles. The molecule has 0 bridgehead atoms. The highest BCUT2D eigenvalue weighted by atomic mass is 35.5.